The molecule has 0 atom stereocenters. The maximum atomic E-state index is 12.8. The van der Waals surface area contributed by atoms with E-state index in [4.69, 9.17) is 11.6 Å². The van der Waals surface area contributed by atoms with E-state index < -0.39 is 0 Å². The molecule has 0 bridgehead atoms. The number of piperidine rings is 1. The van der Waals surface area contributed by atoms with Gasteiger partial charge in [-0.05, 0) is 38.1 Å². The minimum absolute atomic E-state index is 0.0392. The topological polar surface area (TPSA) is 64.6 Å². The summed E-state index contributed by atoms with van der Waals surface area (Å²) in [6, 6.07) is 7.80. The Kier molecular flexibility index (Phi) is 6.69. The van der Waals surface area contributed by atoms with E-state index in [1.54, 1.807) is 6.20 Å². The third kappa shape index (κ3) is 5.02. The molecule has 7 nitrogen and oxygen atoms in total. The second-order valence-electron chi connectivity index (χ2n) is 8.09. The molecular formula is C22H29ClN6O. The second kappa shape index (κ2) is 9.62. The van der Waals surface area contributed by atoms with E-state index in [0.29, 0.717) is 11.6 Å². The summed E-state index contributed by atoms with van der Waals surface area (Å²) in [4.78, 5) is 28.6. The van der Waals surface area contributed by atoms with Gasteiger partial charge in [0.1, 0.15) is 11.6 Å². The summed E-state index contributed by atoms with van der Waals surface area (Å²) in [6.07, 6.45) is 5.16. The van der Waals surface area contributed by atoms with Crippen LogP contribution in [0.2, 0.25) is 5.02 Å². The van der Waals surface area contributed by atoms with Crippen LogP contribution >= 0.6 is 11.6 Å². The van der Waals surface area contributed by atoms with E-state index in [2.05, 4.69) is 43.1 Å². The first kappa shape index (κ1) is 20.9. The molecule has 2 aliphatic heterocycles. The van der Waals surface area contributed by atoms with Gasteiger partial charge in [-0.15, -0.1) is 0 Å². The summed E-state index contributed by atoms with van der Waals surface area (Å²) >= 11 is 5.92. The van der Waals surface area contributed by atoms with Crippen molar-refractivity contribution in [3.05, 3.63) is 47.2 Å². The Balaban J connectivity index is 1.30. The molecule has 0 spiro atoms. The van der Waals surface area contributed by atoms with Gasteiger partial charge in [0.15, 0.2) is 0 Å². The molecule has 4 rings (SSSR count). The normalized spacial score (nSPS) is 18.5. The largest absolute Gasteiger partial charge is 0.357 e. The summed E-state index contributed by atoms with van der Waals surface area (Å²) in [6.45, 7) is 6.16. The standard InChI is InChI=1S/C22H29ClN6O/c1-27-11-13-29(14-12-27)21-18(3-2-8-24-21)15-26-22(30)17-6-9-28(10-7-17)20-5-4-19(23)16-25-20/h2-5,8,16-17H,6-7,9-15H2,1H3,(H,26,30). The van der Waals surface area contributed by atoms with Gasteiger partial charge >= 0.3 is 0 Å². The molecule has 1 N–H and O–H groups in total. The zero-order chi connectivity index (χ0) is 20.9. The Hall–Kier alpha value is -2.38. The Morgan fingerprint density at radius 3 is 2.53 bits per heavy atom. The summed E-state index contributed by atoms with van der Waals surface area (Å²) in [5.74, 6) is 2.09. The van der Waals surface area contributed by atoms with Gasteiger partial charge in [0.2, 0.25) is 5.91 Å². The van der Waals surface area contributed by atoms with Crippen molar-refractivity contribution in [2.24, 2.45) is 5.92 Å². The first-order chi connectivity index (χ1) is 14.6. The first-order valence-corrected chi connectivity index (χ1v) is 11.0. The van der Waals surface area contributed by atoms with Gasteiger partial charge in [0.05, 0.1) is 5.02 Å². The Morgan fingerprint density at radius 2 is 1.83 bits per heavy atom. The highest BCUT2D eigenvalue weighted by molar-refractivity contribution is 6.30. The Labute approximate surface area is 183 Å². The van der Waals surface area contributed by atoms with Crippen LogP contribution in [0.3, 0.4) is 0 Å². The van der Waals surface area contributed by atoms with Crippen LogP contribution in [0.1, 0.15) is 18.4 Å². The summed E-state index contributed by atoms with van der Waals surface area (Å²) in [5.41, 5.74) is 1.08. The van der Waals surface area contributed by atoms with Gasteiger partial charge in [-0.2, -0.15) is 0 Å². The lowest BCUT2D eigenvalue weighted by Gasteiger charge is -2.34. The summed E-state index contributed by atoms with van der Waals surface area (Å²) < 4.78 is 0. The minimum atomic E-state index is 0.0392. The van der Waals surface area contributed by atoms with Crippen molar-refractivity contribution in [3.63, 3.8) is 0 Å². The number of pyridine rings is 2. The molecule has 2 aromatic rings. The van der Waals surface area contributed by atoms with Gasteiger partial charge in [-0.1, -0.05) is 17.7 Å². The number of halogens is 1. The third-order valence-corrected chi connectivity index (χ3v) is 6.25. The molecule has 160 valence electrons. The lowest BCUT2D eigenvalue weighted by atomic mass is 9.96. The van der Waals surface area contributed by atoms with Gasteiger partial charge < -0.3 is 20.0 Å². The predicted molar refractivity (Wildman–Crippen MR) is 120 cm³/mol. The number of likely N-dealkylation sites (N-methyl/N-ethyl adjacent to an activating group) is 1. The van der Waals surface area contributed by atoms with Crippen LogP contribution < -0.4 is 15.1 Å². The number of amides is 1. The minimum Gasteiger partial charge on any atom is -0.357 e. The maximum absolute atomic E-state index is 12.8. The lowest BCUT2D eigenvalue weighted by molar-refractivity contribution is -0.125. The number of carbonyl (C=O) groups excluding carboxylic acids is 1. The second-order valence-corrected chi connectivity index (χ2v) is 8.53. The first-order valence-electron chi connectivity index (χ1n) is 10.6. The van der Waals surface area contributed by atoms with E-state index in [9.17, 15) is 4.79 Å². The number of nitrogens with zero attached hydrogens (tertiary/aromatic N) is 5. The van der Waals surface area contributed by atoms with Gasteiger partial charge in [0, 0.05) is 69.7 Å². The van der Waals surface area contributed by atoms with E-state index in [0.717, 1.165) is 69.3 Å². The zero-order valence-corrected chi connectivity index (χ0v) is 18.2. The molecule has 30 heavy (non-hydrogen) atoms. The van der Waals surface area contributed by atoms with E-state index in [1.165, 1.54) is 0 Å². The van der Waals surface area contributed by atoms with Gasteiger partial charge in [-0.3, -0.25) is 4.79 Å². The number of aromatic nitrogens is 2. The van der Waals surface area contributed by atoms with Crippen molar-refractivity contribution in [3.8, 4) is 0 Å². The SMILES string of the molecule is CN1CCN(c2ncccc2CNC(=O)C2CCN(c3ccc(Cl)cn3)CC2)CC1. The molecular weight excluding hydrogens is 400 g/mol. The molecule has 2 fully saturated rings. The zero-order valence-electron chi connectivity index (χ0n) is 17.4. The van der Waals surface area contributed by atoms with Crippen molar-refractivity contribution in [2.45, 2.75) is 19.4 Å². The monoisotopic (exact) mass is 428 g/mol. The smallest absolute Gasteiger partial charge is 0.223 e. The summed E-state index contributed by atoms with van der Waals surface area (Å²) in [7, 11) is 2.14. The molecule has 8 heteroatoms. The molecule has 2 aromatic heterocycles. The molecule has 2 aliphatic rings. The van der Waals surface area contributed by atoms with Crippen LogP contribution in [0.25, 0.3) is 0 Å². The van der Waals surface area contributed by atoms with Crippen LogP contribution in [0.4, 0.5) is 11.6 Å². The molecule has 0 saturated carbocycles. The number of piperazine rings is 1. The fourth-order valence-corrected chi connectivity index (χ4v) is 4.24. The summed E-state index contributed by atoms with van der Waals surface area (Å²) in [5, 5.41) is 3.79. The molecule has 4 heterocycles. The van der Waals surface area contributed by atoms with Crippen LogP contribution in [0.15, 0.2) is 36.7 Å². The molecule has 1 amide bonds. The average molecular weight is 429 g/mol. The highest BCUT2D eigenvalue weighted by Gasteiger charge is 2.26. The molecule has 0 aliphatic carbocycles. The number of hydrogen-bond acceptors (Lipinski definition) is 6. The van der Waals surface area contributed by atoms with Crippen molar-refractivity contribution in [1.82, 2.24) is 20.2 Å². The highest BCUT2D eigenvalue weighted by Crippen LogP contribution is 2.23. The number of hydrogen-bond donors (Lipinski definition) is 1. The lowest BCUT2D eigenvalue weighted by Crippen LogP contribution is -2.45. The van der Waals surface area contributed by atoms with Crippen LogP contribution in [-0.2, 0) is 11.3 Å². The fraction of sp³-hybridized carbons (Fsp3) is 0.500. The molecule has 2 saturated heterocycles. The predicted octanol–water partition coefficient (Wildman–Crippen LogP) is 2.41. The number of anilines is 2. The van der Waals surface area contributed by atoms with Crippen LogP contribution in [-0.4, -0.2) is 67.1 Å². The average Bonchev–Trinajstić information content (AvgIpc) is 2.79. The van der Waals surface area contributed by atoms with E-state index >= 15 is 0 Å². The number of rotatable bonds is 5. The Bertz CT molecular complexity index is 845. The molecule has 0 unspecified atom stereocenters. The fourth-order valence-electron chi connectivity index (χ4n) is 4.12. The van der Waals surface area contributed by atoms with Crippen molar-refractivity contribution < 1.29 is 4.79 Å². The highest BCUT2D eigenvalue weighted by atomic mass is 35.5. The van der Waals surface area contributed by atoms with Crippen molar-refractivity contribution in [2.75, 3.05) is 56.1 Å². The van der Waals surface area contributed by atoms with Crippen molar-refractivity contribution in [1.29, 1.82) is 0 Å². The number of nitrogens with one attached hydrogen (secondary N) is 1. The number of carbonyl (C=O) groups is 1. The van der Waals surface area contributed by atoms with E-state index in [-0.39, 0.29) is 11.8 Å². The van der Waals surface area contributed by atoms with Crippen LogP contribution in [0.5, 0.6) is 0 Å². The quantitative estimate of drug-likeness (QED) is 0.789. The Morgan fingerprint density at radius 1 is 1.07 bits per heavy atom. The molecule has 0 radical (unpaired) electrons. The van der Waals surface area contributed by atoms with Crippen LogP contribution in [0, 0.1) is 5.92 Å². The van der Waals surface area contributed by atoms with Crippen molar-refractivity contribution >= 4 is 29.1 Å². The van der Waals surface area contributed by atoms with Gasteiger partial charge in [-0.25, -0.2) is 9.97 Å². The molecule has 0 aromatic carbocycles. The maximum Gasteiger partial charge on any atom is 0.223 e. The third-order valence-electron chi connectivity index (χ3n) is 6.02. The van der Waals surface area contributed by atoms with E-state index in [1.807, 2.05) is 24.4 Å². The van der Waals surface area contributed by atoms with Gasteiger partial charge in [0.25, 0.3) is 0 Å².